The molecule has 1 unspecified atom stereocenters. The molecule has 1 aliphatic rings. The van der Waals surface area contributed by atoms with Gasteiger partial charge in [0.25, 0.3) is 0 Å². The summed E-state index contributed by atoms with van der Waals surface area (Å²) in [6, 6.07) is 0. The second-order valence-electron chi connectivity index (χ2n) is 1.66. The van der Waals surface area contributed by atoms with Crippen molar-refractivity contribution in [2.24, 2.45) is 0 Å². The molecule has 1 atom stereocenters. The number of allylic oxidation sites excluding steroid dienone is 1. The lowest BCUT2D eigenvalue weighted by molar-refractivity contribution is 1.25. The Balaban J connectivity index is 2.50. The third kappa shape index (κ3) is 1.42. The van der Waals surface area contributed by atoms with E-state index in [9.17, 15) is 0 Å². The molecule has 1 heterocycles. The highest BCUT2D eigenvalue weighted by molar-refractivity contribution is 8.78. The molecule has 0 amide bonds. The van der Waals surface area contributed by atoms with Crippen molar-refractivity contribution in [3.05, 3.63) is 11.0 Å². The van der Waals surface area contributed by atoms with Crippen LogP contribution < -0.4 is 0 Å². The lowest BCUT2D eigenvalue weighted by atomic mass is 10.4. The predicted molar refractivity (Wildman–Crippen MR) is 38.4 cm³/mol. The van der Waals surface area contributed by atoms with Gasteiger partial charge in [-0.05, 0) is 18.8 Å². The summed E-state index contributed by atoms with van der Waals surface area (Å²) in [6.45, 7) is 4.37. The maximum absolute atomic E-state index is 2.29. The monoisotopic (exact) mass is 132 g/mol. The van der Waals surface area contributed by atoms with Crippen LogP contribution in [0.25, 0.3) is 0 Å². The maximum Gasteiger partial charge on any atom is 0.0316 e. The normalized spacial score (nSPS) is 30.6. The summed E-state index contributed by atoms with van der Waals surface area (Å²) in [4.78, 5) is 1.46. The molecule has 7 heavy (non-hydrogen) atoms. The Kier molecular flexibility index (Phi) is 1.70. The summed E-state index contributed by atoms with van der Waals surface area (Å²) in [5, 5.41) is 0.741. The Labute approximate surface area is 52.1 Å². The van der Waals surface area contributed by atoms with Crippen LogP contribution in [0.15, 0.2) is 11.0 Å². The van der Waals surface area contributed by atoms with Gasteiger partial charge in [-0.2, -0.15) is 0 Å². The lowest BCUT2D eigenvalue weighted by Crippen LogP contribution is -1.78. The number of rotatable bonds is 0. The van der Waals surface area contributed by atoms with E-state index in [1.54, 1.807) is 0 Å². The van der Waals surface area contributed by atoms with E-state index >= 15 is 0 Å². The molecule has 0 saturated heterocycles. The molecule has 0 fully saturated rings. The maximum atomic E-state index is 2.29. The molecule has 0 nitrogen and oxygen atoms in total. The average Bonchev–Trinajstić information content (AvgIpc) is 1.87. The first kappa shape index (κ1) is 5.57. The van der Waals surface area contributed by atoms with Crippen LogP contribution in [0, 0.1) is 0 Å². The van der Waals surface area contributed by atoms with Crippen LogP contribution in [0.4, 0.5) is 0 Å². The minimum absolute atomic E-state index is 0.741. The summed E-state index contributed by atoms with van der Waals surface area (Å²) in [5.74, 6) is 0. The van der Waals surface area contributed by atoms with E-state index < -0.39 is 0 Å². The molecule has 0 bridgehead atoms. The SMILES string of the molecule is CC1=CC(C)SS1. The van der Waals surface area contributed by atoms with Gasteiger partial charge in [-0.15, -0.1) is 0 Å². The van der Waals surface area contributed by atoms with Gasteiger partial charge in [0.1, 0.15) is 0 Å². The van der Waals surface area contributed by atoms with E-state index in [1.807, 2.05) is 21.6 Å². The Bertz CT molecular complexity index is 96.3. The van der Waals surface area contributed by atoms with Crippen molar-refractivity contribution < 1.29 is 0 Å². The third-order valence-corrected chi connectivity index (χ3v) is 3.72. The molecule has 0 aliphatic carbocycles. The first-order valence-electron chi connectivity index (χ1n) is 2.31. The van der Waals surface area contributed by atoms with E-state index in [-0.39, 0.29) is 0 Å². The molecule has 0 N–H and O–H groups in total. The zero-order chi connectivity index (χ0) is 5.28. The Morgan fingerprint density at radius 3 is 2.57 bits per heavy atom. The quantitative estimate of drug-likeness (QED) is 0.465. The van der Waals surface area contributed by atoms with Crippen molar-refractivity contribution in [1.29, 1.82) is 0 Å². The van der Waals surface area contributed by atoms with E-state index in [4.69, 9.17) is 0 Å². The van der Waals surface area contributed by atoms with Gasteiger partial charge in [-0.1, -0.05) is 27.7 Å². The topological polar surface area (TPSA) is 0 Å². The summed E-state index contributed by atoms with van der Waals surface area (Å²) in [5.41, 5.74) is 0. The van der Waals surface area contributed by atoms with Crippen LogP contribution in [-0.2, 0) is 0 Å². The first-order chi connectivity index (χ1) is 3.29. The molecular weight excluding hydrogens is 124 g/mol. The van der Waals surface area contributed by atoms with Crippen molar-refractivity contribution >= 4 is 21.6 Å². The zero-order valence-corrected chi connectivity index (χ0v) is 6.10. The third-order valence-electron chi connectivity index (χ3n) is 0.801. The molecule has 0 aromatic rings. The van der Waals surface area contributed by atoms with Crippen molar-refractivity contribution in [2.45, 2.75) is 19.1 Å². The summed E-state index contributed by atoms with van der Waals surface area (Å²) >= 11 is 0. The summed E-state index contributed by atoms with van der Waals surface area (Å²) in [6.07, 6.45) is 2.29. The second-order valence-corrected chi connectivity index (χ2v) is 4.49. The van der Waals surface area contributed by atoms with Crippen molar-refractivity contribution in [2.75, 3.05) is 0 Å². The summed E-state index contributed by atoms with van der Waals surface area (Å²) < 4.78 is 0. The largest absolute Gasteiger partial charge is 0.0819 e. The summed E-state index contributed by atoms with van der Waals surface area (Å²) in [7, 11) is 3.81. The minimum Gasteiger partial charge on any atom is -0.0819 e. The highest BCUT2D eigenvalue weighted by atomic mass is 33.1. The molecule has 40 valence electrons. The minimum atomic E-state index is 0.741. The Morgan fingerprint density at radius 2 is 2.43 bits per heavy atom. The van der Waals surface area contributed by atoms with Crippen molar-refractivity contribution in [3.63, 3.8) is 0 Å². The van der Waals surface area contributed by atoms with Crippen molar-refractivity contribution in [1.82, 2.24) is 0 Å². The molecule has 0 aromatic carbocycles. The highest BCUT2D eigenvalue weighted by Gasteiger charge is 2.07. The van der Waals surface area contributed by atoms with E-state index in [1.165, 1.54) is 4.91 Å². The van der Waals surface area contributed by atoms with E-state index in [0.29, 0.717) is 0 Å². The molecule has 0 spiro atoms. The molecule has 0 aromatic heterocycles. The Morgan fingerprint density at radius 1 is 1.71 bits per heavy atom. The van der Waals surface area contributed by atoms with Gasteiger partial charge < -0.3 is 0 Å². The van der Waals surface area contributed by atoms with Crippen LogP contribution in [0.1, 0.15) is 13.8 Å². The zero-order valence-electron chi connectivity index (χ0n) is 4.47. The van der Waals surface area contributed by atoms with Gasteiger partial charge in [-0.25, -0.2) is 0 Å². The van der Waals surface area contributed by atoms with Crippen LogP contribution >= 0.6 is 21.6 Å². The fourth-order valence-corrected chi connectivity index (χ4v) is 2.69. The standard InChI is InChI=1S/C5H8S2/c1-4-3-5(2)7-6-4/h3-4H,1-2H3. The fraction of sp³-hybridized carbons (Fsp3) is 0.600. The van der Waals surface area contributed by atoms with E-state index in [0.717, 1.165) is 5.25 Å². The molecule has 1 aliphatic heterocycles. The van der Waals surface area contributed by atoms with Crippen LogP contribution in [0.3, 0.4) is 0 Å². The van der Waals surface area contributed by atoms with Crippen LogP contribution in [0.5, 0.6) is 0 Å². The van der Waals surface area contributed by atoms with Crippen LogP contribution in [-0.4, -0.2) is 5.25 Å². The van der Waals surface area contributed by atoms with Gasteiger partial charge in [0.05, 0.1) is 0 Å². The van der Waals surface area contributed by atoms with E-state index in [2.05, 4.69) is 19.9 Å². The van der Waals surface area contributed by atoms with Gasteiger partial charge in [0.15, 0.2) is 0 Å². The smallest absolute Gasteiger partial charge is 0.0316 e. The molecule has 1 rings (SSSR count). The molecular formula is C5H8S2. The first-order valence-corrected chi connectivity index (χ1v) is 4.52. The molecule has 2 heteroatoms. The highest BCUT2D eigenvalue weighted by Crippen LogP contribution is 2.40. The van der Waals surface area contributed by atoms with Crippen molar-refractivity contribution in [3.8, 4) is 0 Å². The average molecular weight is 132 g/mol. The van der Waals surface area contributed by atoms with Gasteiger partial charge >= 0.3 is 0 Å². The van der Waals surface area contributed by atoms with Gasteiger partial charge in [-0.3, -0.25) is 0 Å². The van der Waals surface area contributed by atoms with Gasteiger partial charge in [0.2, 0.25) is 0 Å². The molecule has 0 radical (unpaired) electrons. The fourth-order valence-electron chi connectivity index (χ4n) is 0.538. The number of hydrogen-bond donors (Lipinski definition) is 0. The Hall–Kier alpha value is 0.440. The second kappa shape index (κ2) is 2.14. The molecule has 0 saturated carbocycles. The predicted octanol–water partition coefficient (Wildman–Crippen LogP) is 2.67. The van der Waals surface area contributed by atoms with Crippen LogP contribution in [0.2, 0.25) is 0 Å². The van der Waals surface area contributed by atoms with Gasteiger partial charge in [0, 0.05) is 5.25 Å². The number of hydrogen-bond acceptors (Lipinski definition) is 2. The lowest BCUT2D eigenvalue weighted by Gasteiger charge is -1.88.